The minimum absolute atomic E-state index is 0.0529. The molecular weight excluding hydrogens is 402 g/mol. The molecule has 0 aliphatic carbocycles. The summed E-state index contributed by atoms with van der Waals surface area (Å²) in [4.78, 5) is 17.8. The van der Waals surface area contributed by atoms with Gasteiger partial charge in [0, 0.05) is 22.7 Å². The zero-order valence-corrected chi connectivity index (χ0v) is 18.1. The smallest absolute Gasteiger partial charge is 0.223 e. The first-order chi connectivity index (χ1) is 14.3. The molecule has 4 rings (SSSR count). The molecule has 29 heavy (non-hydrogen) atoms. The number of carbonyl (C=O) groups excluding carboxylic acids is 1. The molecule has 0 spiro atoms. The quantitative estimate of drug-likeness (QED) is 0.443. The molecule has 1 aliphatic heterocycles. The van der Waals surface area contributed by atoms with Gasteiger partial charge in [-0.05, 0) is 60.4 Å². The second kappa shape index (κ2) is 9.46. The molecule has 152 valence electrons. The number of para-hydroxylation sites is 2. The van der Waals surface area contributed by atoms with Crippen molar-refractivity contribution in [1.82, 2.24) is 4.90 Å². The third kappa shape index (κ3) is 4.49. The molecule has 3 heterocycles. The number of benzene rings is 1. The van der Waals surface area contributed by atoms with Crippen molar-refractivity contribution in [2.24, 2.45) is 0 Å². The molecule has 3 aromatic rings. The van der Waals surface area contributed by atoms with Crippen LogP contribution >= 0.6 is 22.7 Å². The zero-order chi connectivity index (χ0) is 20.1. The van der Waals surface area contributed by atoms with Crippen LogP contribution in [0, 0.1) is 0 Å². The molecule has 1 amide bonds. The van der Waals surface area contributed by atoms with Gasteiger partial charge in [-0.25, -0.2) is 0 Å². The number of nitrogens with zero attached hydrogens (tertiary/aromatic N) is 1. The fraction of sp³-hybridized carbons (Fsp3) is 0.348. The summed E-state index contributed by atoms with van der Waals surface area (Å²) >= 11 is 3.52. The van der Waals surface area contributed by atoms with Gasteiger partial charge in [-0.1, -0.05) is 18.2 Å². The molecule has 0 radical (unpaired) electrons. The van der Waals surface area contributed by atoms with E-state index in [2.05, 4.69) is 33.9 Å². The van der Waals surface area contributed by atoms with E-state index in [-0.39, 0.29) is 11.9 Å². The van der Waals surface area contributed by atoms with Crippen molar-refractivity contribution in [3.05, 3.63) is 68.5 Å². The van der Waals surface area contributed by atoms with Gasteiger partial charge in [-0.3, -0.25) is 4.79 Å². The van der Waals surface area contributed by atoms with Crippen LogP contribution < -0.4 is 9.47 Å². The first-order valence-electron chi connectivity index (χ1n) is 10.0. The summed E-state index contributed by atoms with van der Waals surface area (Å²) in [6, 6.07) is 14.1. The largest absolute Gasteiger partial charge is 0.490 e. The maximum atomic E-state index is 13.1. The molecule has 0 saturated heterocycles. The SMILES string of the molecule is CCOc1ccccc1OCCCC(=O)N1CCc2sccc2C1c1cccs1. The highest BCUT2D eigenvalue weighted by atomic mass is 32.1. The third-order valence-electron chi connectivity index (χ3n) is 5.04. The lowest BCUT2D eigenvalue weighted by Crippen LogP contribution is -2.39. The lowest BCUT2D eigenvalue weighted by atomic mass is 9.98. The molecule has 2 aromatic heterocycles. The van der Waals surface area contributed by atoms with Crippen molar-refractivity contribution in [2.45, 2.75) is 32.2 Å². The van der Waals surface area contributed by atoms with Crippen LogP contribution in [0.1, 0.15) is 41.1 Å². The number of amides is 1. The second-order valence-electron chi connectivity index (χ2n) is 6.89. The van der Waals surface area contributed by atoms with Crippen LogP contribution in [0.15, 0.2) is 53.2 Å². The Balaban J connectivity index is 1.37. The van der Waals surface area contributed by atoms with Crippen LogP contribution in [0.2, 0.25) is 0 Å². The maximum Gasteiger partial charge on any atom is 0.223 e. The van der Waals surface area contributed by atoms with E-state index in [0.29, 0.717) is 26.1 Å². The van der Waals surface area contributed by atoms with Gasteiger partial charge in [-0.2, -0.15) is 0 Å². The summed E-state index contributed by atoms with van der Waals surface area (Å²) in [6.07, 6.45) is 2.11. The molecule has 4 nitrogen and oxygen atoms in total. The van der Waals surface area contributed by atoms with Crippen LogP contribution in [0.5, 0.6) is 11.5 Å². The Morgan fingerprint density at radius 2 is 1.90 bits per heavy atom. The van der Waals surface area contributed by atoms with Crippen molar-refractivity contribution < 1.29 is 14.3 Å². The molecule has 6 heteroatoms. The molecule has 0 fully saturated rings. The first kappa shape index (κ1) is 20.0. The van der Waals surface area contributed by atoms with E-state index in [1.807, 2.05) is 31.2 Å². The number of rotatable bonds is 8. The Morgan fingerprint density at radius 3 is 2.66 bits per heavy atom. The maximum absolute atomic E-state index is 13.1. The Hall–Kier alpha value is -2.31. The summed E-state index contributed by atoms with van der Waals surface area (Å²) in [7, 11) is 0. The molecule has 1 atom stereocenters. The van der Waals surface area contributed by atoms with Crippen LogP contribution in [0.25, 0.3) is 0 Å². The molecular formula is C23H25NO3S2. The fourth-order valence-electron chi connectivity index (χ4n) is 3.73. The van der Waals surface area contributed by atoms with Crippen molar-refractivity contribution in [3.8, 4) is 11.5 Å². The number of hydrogen-bond acceptors (Lipinski definition) is 5. The Bertz CT molecular complexity index is 935. The number of ether oxygens (including phenoxy) is 2. The van der Waals surface area contributed by atoms with Crippen LogP contribution in [0.4, 0.5) is 0 Å². The number of thiophene rings is 2. The summed E-state index contributed by atoms with van der Waals surface area (Å²) in [5.41, 5.74) is 1.29. The van der Waals surface area contributed by atoms with E-state index in [1.165, 1.54) is 15.3 Å². The van der Waals surface area contributed by atoms with Gasteiger partial charge in [0.2, 0.25) is 5.91 Å². The van der Waals surface area contributed by atoms with Crippen molar-refractivity contribution >= 4 is 28.6 Å². The summed E-state index contributed by atoms with van der Waals surface area (Å²) in [6.45, 7) is 3.83. The standard InChI is InChI=1S/C23H25NO3S2/c1-2-26-18-7-3-4-8-19(18)27-14-5-10-22(25)24-13-11-20-17(12-16-29-20)23(24)21-9-6-15-28-21/h3-4,6-9,12,15-16,23H,2,5,10-11,13-14H2,1H3. The van der Waals surface area contributed by atoms with E-state index in [4.69, 9.17) is 9.47 Å². The monoisotopic (exact) mass is 427 g/mol. The van der Waals surface area contributed by atoms with Gasteiger partial charge in [0.25, 0.3) is 0 Å². The summed E-state index contributed by atoms with van der Waals surface area (Å²) < 4.78 is 11.5. The van der Waals surface area contributed by atoms with Gasteiger partial charge >= 0.3 is 0 Å². The predicted octanol–water partition coefficient (Wildman–Crippen LogP) is 5.54. The van der Waals surface area contributed by atoms with Gasteiger partial charge in [0.15, 0.2) is 11.5 Å². The van der Waals surface area contributed by atoms with Gasteiger partial charge in [0.1, 0.15) is 0 Å². The highest BCUT2D eigenvalue weighted by Crippen LogP contribution is 2.39. The number of hydrogen-bond donors (Lipinski definition) is 0. The van der Waals surface area contributed by atoms with Gasteiger partial charge < -0.3 is 14.4 Å². The minimum atomic E-state index is 0.0529. The lowest BCUT2D eigenvalue weighted by molar-refractivity contribution is -0.133. The molecule has 1 aliphatic rings. The topological polar surface area (TPSA) is 38.8 Å². The summed E-state index contributed by atoms with van der Waals surface area (Å²) in [5, 5.41) is 4.23. The minimum Gasteiger partial charge on any atom is -0.490 e. The highest BCUT2D eigenvalue weighted by Gasteiger charge is 2.32. The lowest BCUT2D eigenvalue weighted by Gasteiger charge is -2.35. The Labute approximate surface area is 179 Å². The summed E-state index contributed by atoms with van der Waals surface area (Å²) in [5.74, 6) is 1.68. The molecule has 1 aromatic carbocycles. The average Bonchev–Trinajstić information content (AvgIpc) is 3.43. The molecule has 0 bridgehead atoms. The van der Waals surface area contributed by atoms with Gasteiger partial charge in [0.05, 0.1) is 19.3 Å². The molecule has 1 unspecified atom stereocenters. The predicted molar refractivity (Wildman–Crippen MR) is 118 cm³/mol. The second-order valence-corrected chi connectivity index (χ2v) is 8.87. The van der Waals surface area contributed by atoms with Crippen LogP contribution in [0.3, 0.4) is 0 Å². The van der Waals surface area contributed by atoms with Crippen molar-refractivity contribution in [3.63, 3.8) is 0 Å². The van der Waals surface area contributed by atoms with Gasteiger partial charge in [-0.15, -0.1) is 22.7 Å². The zero-order valence-electron chi connectivity index (χ0n) is 16.5. The van der Waals surface area contributed by atoms with Crippen LogP contribution in [-0.4, -0.2) is 30.6 Å². The Kier molecular flexibility index (Phi) is 6.52. The first-order valence-corrected chi connectivity index (χ1v) is 11.8. The van der Waals surface area contributed by atoms with Crippen molar-refractivity contribution in [1.29, 1.82) is 0 Å². The Morgan fingerprint density at radius 1 is 1.07 bits per heavy atom. The van der Waals surface area contributed by atoms with Crippen LogP contribution in [-0.2, 0) is 11.2 Å². The normalized spacial score (nSPS) is 15.8. The number of fused-ring (bicyclic) bond motifs is 1. The molecule has 0 saturated carbocycles. The molecule has 0 N–H and O–H groups in total. The van der Waals surface area contributed by atoms with E-state index in [0.717, 1.165) is 24.5 Å². The van der Waals surface area contributed by atoms with Crippen molar-refractivity contribution in [2.75, 3.05) is 19.8 Å². The van der Waals surface area contributed by atoms with E-state index in [1.54, 1.807) is 22.7 Å². The van der Waals surface area contributed by atoms with E-state index >= 15 is 0 Å². The average molecular weight is 428 g/mol. The van der Waals surface area contributed by atoms with E-state index < -0.39 is 0 Å². The number of carbonyl (C=O) groups is 1. The fourth-order valence-corrected chi connectivity index (χ4v) is 5.49. The van der Waals surface area contributed by atoms with E-state index in [9.17, 15) is 4.79 Å². The highest BCUT2D eigenvalue weighted by molar-refractivity contribution is 7.10. The third-order valence-corrected chi connectivity index (χ3v) is 6.96.